The average Bonchev–Trinajstić information content (AvgIpc) is 3.25. The zero-order chi connectivity index (χ0) is 22.5. The van der Waals surface area contributed by atoms with E-state index in [0.29, 0.717) is 19.6 Å². The first-order chi connectivity index (χ1) is 15.5. The summed E-state index contributed by atoms with van der Waals surface area (Å²) in [5, 5.41) is 9.60. The lowest BCUT2D eigenvalue weighted by atomic mass is 9.96. The molecule has 0 saturated heterocycles. The molecule has 0 radical (unpaired) electrons. The van der Waals surface area contributed by atoms with Crippen LogP contribution in [0, 0.1) is 0 Å². The summed E-state index contributed by atoms with van der Waals surface area (Å²) in [7, 11) is 0. The predicted octanol–water partition coefficient (Wildman–Crippen LogP) is 1.67. The Morgan fingerprint density at radius 1 is 0.906 bits per heavy atom. The molecule has 0 saturated carbocycles. The highest BCUT2D eigenvalue weighted by atomic mass is 16.2. The van der Waals surface area contributed by atoms with Crippen LogP contribution in [-0.4, -0.2) is 30.9 Å². The van der Waals surface area contributed by atoms with Crippen LogP contribution in [0.25, 0.3) is 11.4 Å². The van der Waals surface area contributed by atoms with Crippen LogP contribution in [0.4, 0.5) is 5.69 Å². The number of rotatable bonds is 7. The van der Waals surface area contributed by atoms with Crippen molar-refractivity contribution < 1.29 is 14.4 Å². The third kappa shape index (κ3) is 4.59. The van der Waals surface area contributed by atoms with E-state index in [2.05, 4.69) is 22.0 Å². The van der Waals surface area contributed by atoms with Crippen molar-refractivity contribution in [3.63, 3.8) is 0 Å². The normalized spacial score (nSPS) is 14.2. The van der Waals surface area contributed by atoms with Crippen molar-refractivity contribution in [2.75, 3.05) is 18.1 Å². The van der Waals surface area contributed by atoms with E-state index in [0.717, 1.165) is 33.8 Å². The summed E-state index contributed by atoms with van der Waals surface area (Å²) in [4.78, 5) is 37.8. The lowest BCUT2D eigenvalue weighted by Crippen LogP contribution is -2.35. The van der Waals surface area contributed by atoms with E-state index in [4.69, 9.17) is 5.73 Å². The second kappa shape index (κ2) is 9.55. The highest BCUT2D eigenvalue weighted by Gasteiger charge is 2.28. The number of primary amides is 1. The van der Waals surface area contributed by atoms with Crippen molar-refractivity contribution in [2.24, 2.45) is 5.73 Å². The first-order valence-corrected chi connectivity index (χ1v) is 10.8. The molecule has 8 heteroatoms. The maximum atomic E-state index is 13.3. The first kappa shape index (κ1) is 21.4. The van der Waals surface area contributed by atoms with Gasteiger partial charge in [0.25, 0.3) is 0 Å². The van der Waals surface area contributed by atoms with Crippen LogP contribution < -0.4 is 26.6 Å². The van der Waals surface area contributed by atoms with Crippen LogP contribution in [-0.2, 0) is 20.9 Å². The highest BCUT2D eigenvalue weighted by Crippen LogP contribution is 2.37. The first-order valence-electron chi connectivity index (χ1n) is 10.8. The fourth-order valence-electron chi connectivity index (χ4n) is 4.11. The Balaban J connectivity index is 1.53. The van der Waals surface area contributed by atoms with Crippen molar-refractivity contribution in [3.8, 4) is 0 Å². The molecule has 2 aliphatic heterocycles. The lowest BCUT2D eigenvalue weighted by molar-refractivity contribution is -0.121. The molecule has 2 aliphatic rings. The number of para-hydroxylation sites is 1. The molecule has 0 fully saturated rings. The summed E-state index contributed by atoms with van der Waals surface area (Å²) in [6, 6.07) is 15.9. The van der Waals surface area contributed by atoms with Crippen LogP contribution in [0.1, 0.15) is 42.4 Å². The molecule has 2 aromatic rings. The Morgan fingerprint density at radius 2 is 1.59 bits per heavy atom. The highest BCUT2D eigenvalue weighted by molar-refractivity contribution is 6.02. The van der Waals surface area contributed by atoms with Crippen molar-refractivity contribution in [2.45, 2.75) is 32.2 Å². The number of carbonyl (C=O) groups is 3. The van der Waals surface area contributed by atoms with Gasteiger partial charge in [0.05, 0.1) is 30.3 Å². The lowest BCUT2D eigenvalue weighted by Gasteiger charge is -2.29. The fraction of sp³-hybridized carbons (Fsp3) is 0.292. The van der Waals surface area contributed by atoms with Gasteiger partial charge in [-0.15, -0.1) is 0 Å². The minimum Gasteiger partial charge on any atom is -0.370 e. The molecule has 8 nitrogen and oxygen atoms in total. The van der Waals surface area contributed by atoms with E-state index < -0.39 is 5.91 Å². The molecule has 0 bridgehead atoms. The number of carbonyl (C=O) groups excluding carboxylic acids is 3. The minimum atomic E-state index is -0.422. The maximum Gasteiger partial charge on any atom is 0.229 e. The molecule has 0 unspecified atom stereocenters. The van der Waals surface area contributed by atoms with Crippen LogP contribution >= 0.6 is 0 Å². The Hall–Kier alpha value is -3.81. The van der Waals surface area contributed by atoms with Crippen LogP contribution in [0.3, 0.4) is 0 Å². The predicted molar refractivity (Wildman–Crippen MR) is 123 cm³/mol. The molecular weight excluding hydrogens is 406 g/mol. The van der Waals surface area contributed by atoms with Crippen LogP contribution in [0.5, 0.6) is 0 Å². The largest absolute Gasteiger partial charge is 0.370 e. The quantitative estimate of drug-likeness (QED) is 0.530. The zero-order valence-electron chi connectivity index (χ0n) is 17.8. The van der Waals surface area contributed by atoms with Gasteiger partial charge in [0.15, 0.2) is 0 Å². The van der Waals surface area contributed by atoms with Crippen molar-refractivity contribution in [1.82, 2.24) is 16.0 Å². The standard InChI is InChI=1S/C24H27N5O3/c25-20(30)10-5-11-21(31)26-13-12-22(32)29-14-16-6-1-2-7-17(16)23-24(28-15-27-23)18-8-3-4-9-19(18)29/h1-4,6-9,27-28H,5,10-15H2,(H2,25,30)(H,26,31). The number of nitrogens with one attached hydrogen (secondary N) is 3. The number of nitrogens with two attached hydrogens (primary N) is 1. The summed E-state index contributed by atoms with van der Waals surface area (Å²) < 4.78 is 0. The van der Waals surface area contributed by atoms with E-state index in [9.17, 15) is 14.4 Å². The summed E-state index contributed by atoms with van der Waals surface area (Å²) in [6.45, 7) is 1.31. The molecule has 0 atom stereocenters. The van der Waals surface area contributed by atoms with Gasteiger partial charge in [-0.2, -0.15) is 0 Å². The van der Waals surface area contributed by atoms with E-state index in [-0.39, 0.29) is 37.6 Å². The van der Waals surface area contributed by atoms with Crippen molar-refractivity contribution >= 4 is 34.8 Å². The van der Waals surface area contributed by atoms with Gasteiger partial charge in [0.1, 0.15) is 0 Å². The molecule has 4 rings (SSSR count). The molecule has 32 heavy (non-hydrogen) atoms. The zero-order valence-corrected chi connectivity index (χ0v) is 17.8. The number of hydrogen-bond donors (Lipinski definition) is 4. The van der Waals surface area contributed by atoms with Crippen molar-refractivity contribution in [1.29, 1.82) is 0 Å². The van der Waals surface area contributed by atoms with E-state index in [1.165, 1.54) is 0 Å². The number of anilines is 1. The Bertz CT molecular complexity index is 1080. The second-order valence-electron chi connectivity index (χ2n) is 7.85. The van der Waals surface area contributed by atoms with Crippen LogP contribution in [0.15, 0.2) is 48.5 Å². The summed E-state index contributed by atoms with van der Waals surface area (Å²) in [5.41, 5.74) is 11.0. The molecule has 5 N–H and O–H groups in total. The monoisotopic (exact) mass is 433 g/mol. The van der Waals surface area contributed by atoms with Crippen LogP contribution in [0.2, 0.25) is 0 Å². The van der Waals surface area contributed by atoms with Crippen molar-refractivity contribution in [3.05, 3.63) is 65.2 Å². The molecule has 0 aliphatic carbocycles. The molecule has 2 aromatic carbocycles. The third-order valence-corrected chi connectivity index (χ3v) is 5.65. The van der Waals surface area contributed by atoms with Gasteiger partial charge < -0.3 is 26.6 Å². The summed E-state index contributed by atoms with van der Waals surface area (Å²) >= 11 is 0. The van der Waals surface area contributed by atoms with Gasteiger partial charge in [-0.3, -0.25) is 14.4 Å². The maximum absolute atomic E-state index is 13.3. The fourth-order valence-corrected chi connectivity index (χ4v) is 4.11. The second-order valence-corrected chi connectivity index (χ2v) is 7.85. The van der Waals surface area contributed by atoms with Gasteiger partial charge >= 0.3 is 0 Å². The van der Waals surface area contributed by atoms with Gasteiger partial charge in [-0.1, -0.05) is 42.5 Å². The Kier molecular flexibility index (Phi) is 6.39. The number of fused-ring (bicyclic) bond motifs is 4. The number of amides is 3. The van der Waals surface area contributed by atoms with Gasteiger partial charge in [0.2, 0.25) is 17.7 Å². The summed E-state index contributed by atoms with van der Waals surface area (Å²) in [5.74, 6) is -0.678. The minimum absolute atomic E-state index is 0.0697. The Labute approximate surface area is 186 Å². The molecule has 3 amide bonds. The van der Waals surface area contributed by atoms with E-state index in [1.54, 1.807) is 4.90 Å². The van der Waals surface area contributed by atoms with E-state index in [1.807, 2.05) is 42.5 Å². The summed E-state index contributed by atoms with van der Waals surface area (Å²) in [6.07, 6.45) is 0.975. The number of nitrogens with zero attached hydrogens (tertiary/aromatic N) is 1. The van der Waals surface area contributed by atoms with Gasteiger partial charge in [-0.25, -0.2) is 0 Å². The Morgan fingerprint density at radius 3 is 2.38 bits per heavy atom. The molecule has 2 heterocycles. The average molecular weight is 434 g/mol. The molecular formula is C24H27N5O3. The SMILES string of the molecule is NC(=O)CCCC(=O)NCCC(=O)N1Cc2ccccc2C2=C(NCN2)c2ccccc21. The van der Waals surface area contributed by atoms with Gasteiger partial charge in [-0.05, 0) is 18.1 Å². The molecule has 166 valence electrons. The third-order valence-electron chi connectivity index (χ3n) is 5.65. The topological polar surface area (TPSA) is 117 Å². The molecule has 0 aromatic heterocycles. The van der Waals surface area contributed by atoms with E-state index >= 15 is 0 Å². The van der Waals surface area contributed by atoms with Gasteiger partial charge in [0, 0.05) is 36.9 Å². The number of hydrogen-bond acceptors (Lipinski definition) is 5. The molecule has 0 spiro atoms. The number of benzene rings is 2. The smallest absolute Gasteiger partial charge is 0.229 e.